The van der Waals surface area contributed by atoms with Crippen molar-refractivity contribution in [3.05, 3.63) is 24.0 Å². The molecule has 2 aromatic heterocycles. The minimum Gasteiger partial charge on any atom is -0.298 e. The molecule has 4 nitrogen and oxygen atoms in total. The SMILES string of the molecule is O=Cc1cnc2cn[nH]c2c1. The number of pyridine rings is 1. The Morgan fingerprint density at radius 1 is 1.45 bits per heavy atom. The highest BCUT2D eigenvalue weighted by Gasteiger charge is 1.96. The molecule has 0 saturated carbocycles. The van der Waals surface area contributed by atoms with Crippen LogP contribution in [-0.2, 0) is 0 Å². The van der Waals surface area contributed by atoms with E-state index in [-0.39, 0.29) is 0 Å². The van der Waals surface area contributed by atoms with E-state index < -0.39 is 0 Å². The Balaban J connectivity index is 2.76. The van der Waals surface area contributed by atoms with E-state index in [1.165, 1.54) is 6.20 Å². The smallest absolute Gasteiger partial charge is 0.151 e. The molecule has 0 bridgehead atoms. The highest BCUT2D eigenvalue weighted by Crippen LogP contribution is 2.06. The topological polar surface area (TPSA) is 58.6 Å². The molecule has 0 atom stereocenters. The second kappa shape index (κ2) is 2.16. The summed E-state index contributed by atoms with van der Waals surface area (Å²) < 4.78 is 0. The van der Waals surface area contributed by atoms with Gasteiger partial charge in [-0.15, -0.1) is 0 Å². The van der Waals surface area contributed by atoms with E-state index >= 15 is 0 Å². The van der Waals surface area contributed by atoms with Crippen LogP contribution < -0.4 is 0 Å². The Bertz CT molecular complexity index is 393. The number of H-pyrrole nitrogens is 1. The van der Waals surface area contributed by atoms with Gasteiger partial charge in [-0.1, -0.05) is 0 Å². The highest BCUT2D eigenvalue weighted by molar-refractivity contribution is 5.82. The molecule has 2 rings (SSSR count). The van der Waals surface area contributed by atoms with Crippen LogP contribution in [0.15, 0.2) is 18.5 Å². The summed E-state index contributed by atoms with van der Waals surface area (Å²) in [5.41, 5.74) is 2.12. The Hall–Kier alpha value is -1.71. The average Bonchev–Trinajstić information content (AvgIpc) is 2.50. The monoisotopic (exact) mass is 147 g/mol. The van der Waals surface area contributed by atoms with Crippen LogP contribution in [0.1, 0.15) is 10.4 Å². The lowest BCUT2D eigenvalue weighted by atomic mass is 10.3. The Morgan fingerprint density at radius 3 is 3.18 bits per heavy atom. The minimum absolute atomic E-state index is 0.557. The first-order chi connectivity index (χ1) is 5.40. The molecular weight excluding hydrogens is 142 g/mol. The van der Waals surface area contributed by atoms with Gasteiger partial charge >= 0.3 is 0 Å². The predicted molar refractivity (Wildman–Crippen MR) is 39.3 cm³/mol. The third kappa shape index (κ3) is 0.881. The van der Waals surface area contributed by atoms with Crippen LogP contribution in [0, 0.1) is 0 Å². The molecule has 54 valence electrons. The van der Waals surface area contributed by atoms with Gasteiger partial charge in [-0.25, -0.2) is 0 Å². The lowest BCUT2D eigenvalue weighted by molar-refractivity contribution is 0.112. The summed E-state index contributed by atoms with van der Waals surface area (Å²) in [5.74, 6) is 0. The molecule has 0 aliphatic heterocycles. The molecule has 0 spiro atoms. The number of aromatic amines is 1. The van der Waals surface area contributed by atoms with Crippen molar-refractivity contribution < 1.29 is 4.79 Å². The van der Waals surface area contributed by atoms with Crippen molar-refractivity contribution in [2.45, 2.75) is 0 Å². The highest BCUT2D eigenvalue weighted by atomic mass is 16.1. The van der Waals surface area contributed by atoms with E-state index in [9.17, 15) is 4.79 Å². The number of nitrogens with zero attached hydrogens (tertiary/aromatic N) is 2. The van der Waals surface area contributed by atoms with Crippen LogP contribution in [0.2, 0.25) is 0 Å². The maximum Gasteiger partial charge on any atom is 0.151 e. The first kappa shape index (κ1) is 6.03. The average molecular weight is 147 g/mol. The fourth-order valence-corrected chi connectivity index (χ4v) is 0.911. The summed E-state index contributed by atoms with van der Waals surface area (Å²) in [7, 11) is 0. The van der Waals surface area contributed by atoms with Crippen molar-refractivity contribution in [2.75, 3.05) is 0 Å². The molecule has 2 aromatic rings. The van der Waals surface area contributed by atoms with Gasteiger partial charge in [0.05, 0.1) is 11.7 Å². The fourth-order valence-electron chi connectivity index (χ4n) is 0.911. The van der Waals surface area contributed by atoms with Gasteiger partial charge in [-0.3, -0.25) is 14.9 Å². The van der Waals surface area contributed by atoms with Gasteiger partial charge in [-0.2, -0.15) is 5.10 Å². The van der Waals surface area contributed by atoms with Crippen LogP contribution >= 0.6 is 0 Å². The zero-order valence-corrected chi connectivity index (χ0v) is 5.61. The number of nitrogens with one attached hydrogen (secondary N) is 1. The van der Waals surface area contributed by atoms with Crippen molar-refractivity contribution in [1.29, 1.82) is 0 Å². The lowest BCUT2D eigenvalue weighted by Gasteiger charge is -1.87. The summed E-state index contributed by atoms with van der Waals surface area (Å²) in [6, 6.07) is 1.71. The van der Waals surface area contributed by atoms with E-state index in [2.05, 4.69) is 15.2 Å². The van der Waals surface area contributed by atoms with Crippen LogP contribution in [0.25, 0.3) is 11.0 Å². The van der Waals surface area contributed by atoms with Crippen molar-refractivity contribution in [3.63, 3.8) is 0 Å². The number of carbonyl (C=O) groups excluding carboxylic acids is 1. The van der Waals surface area contributed by atoms with Gasteiger partial charge in [0.25, 0.3) is 0 Å². The number of hydrogen-bond acceptors (Lipinski definition) is 3. The van der Waals surface area contributed by atoms with Crippen LogP contribution in [0.5, 0.6) is 0 Å². The summed E-state index contributed by atoms with van der Waals surface area (Å²) in [4.78, 5) is 14.3. The molecule has 0 amide bonds. The molecule has 0 aliphatic carbocycles. The van der Waals surface area contributed by atoms with E-state index in [1.807, 2.05) is 0 Å². The van der Waals surface area contributed by atoms with E-state index in [4.69, 9.17) is 0 Å². The largest absolute Gasteiger partial charge is 0.298 e. The first-order valence-electron chi connectivity index (χ1n) is 3.14. The third-order valence-electron chi connectivity index (χ3n) is 1.45. The van der Waals surface area contributed by atoms with E-state index in [0.29, 0.717) is 5.56 Å². The van der Waals surface area contributed by atoms with Crippen LogP contribution in [-0.4, -0.2) is 21.5 Å². The molecular formula is C7H5N3O. The number of aromatic nitrogens is 3. The van der Waals surface area contributed by atoms with Gasteiger partial charge in [0.2, 0.25) is 0 Å². The maximum atomic E-state index is 10.3. The van der Waals surface area contributed by atoms with Crippen molar-refractivity contribution in [2.24, 2.45) is 0 Å². The minimum atomic E-state index is 0.557. The van der Waals surface area contributed by atoms with Crippen LogP contribution in [0.4, 0.5) is 0 Å². The van der Waals surface area contributed by atoms with Gasteiger partial charge in [0.1, 0.15) is 5.52 Å². The zero-order chi connectivity index (χ0) is 7.68. The van der Waals surface area contributed by atoms with Crippen molar-refractivity contribution in [3.8, 4) is 0 Å². The molecule has 0 fully saturated rings. The quantitative estimate of drug-likeness (QED) is 0.606. The Kier molecular flexibility index (Phi) is 1.18. The number of rotatable bonds is 1. The van der Waals surface area contributed by atoms with Gasteiger partial charge in [0.15, 0.2) is 6.29 Å². The number of hydrogen-bond donors (Lipinski definition) is 1. The zero-order valence-electron chi connectivity index (χ0n) is 5.61. The molecule has 4 heteroatoms. The molecule has 0 aromatic carbocycles. The molecule has 2 heterocycles. The van der Waals surface area contributed by atoms with Crippen LogP contribution in [0.3, 0.4) is 0 Å². The maximum absolute atomic E-state index is 10.3. The summed E-state index contributed by atoms with van der Waals surface area (Å²) in [6.45, 7) is 0. The molecule has 11 heavy (non-hydrogen) atoms. The second-order valence-corrected chi connectivity index (χ2v) is 2.19. The van der Waals surface area contributed by atoms with Gasteiger partial charge < -0.3 is 0 Å². The van der Waals surface area contributed by atoms with Gasteiger partial charge in [-0.05, 0) is 6.07 Å². The first-order valence-corrected chi connectivity index (χ1v) is 3.14. The Labute approximate surface area is 62.3 Å². The molecule has 0 saturated heterocycles. The van der Waals surface area contributed by atoms with E-state index in [1.54, 1.807) is 12.3 Å². The van der Waals surface area contributed by atoms with Crippen molar-refractivity contribution >= 4 is 17.3 Å². The molecule has 0 aliphatic rings. The van der Waals surface area contributed by atoms with Gasteiger partial charge in [0, 0.05) is 11.8 Å². The normalized spacial score (nSPS) is 10.2. The summed E-state index contributed by atoms with van der Waals surface area (Å²) >= 11 is 0. The molecule has 1 N–H and O–H groups in total. The van der Waals surface area contributed by atoms with Crippen molar-refractivity contribution in [1.82, 2.24) is 15.2 Å². The molecule has 0 radical (unpaired) electrons. The fraction of sp³-hybridized carbons (Fsp3) is 0. The molecule has 0 unspecified atom stereocenters. The standard InChI is InChI=1S/C7H5N3O/c11-4-5-1-6-7(8-2-5)3-9-10-6/h1-4H,(H,9,10). The third-order valence-corrected chi connectivity index (χ3v) is 1.45. The lowest BCUT2D eigenvalue weighted by Crippen LogP contribution is -1.81. The summed E-state index contributed by atoms with van der Waals surface area (Å²) in [5, 5.41) is 6.50. The second-order valence-electron chi connectivity index (χ2n) is 2.19. The van der Waals surface area contributed by atoms with E-state index in [0.717, 1.165) is 17.3 Å². The predicted octanol–water partition coefficient (Wildman–Crippen LogP) is 0.770. The Morgan fingerprint density at radius 2 is 2.36 bits per heavy atom. The summed E-state index contributed by atoms with van der Waals surface area (Å²) in [6.07, 6.45) is 3.89. The number of fused-ring (bicyclic) bond motifs is 1. The number of carbonyl (C=O) groups is 1. The number of aldehydes is 1.